The van der Waals surface area contributed by atoms with E-state index in [-0.39, 0.29) is 17.7 Å². The van der Waals surface area contributed by atoms with Crippen molar-refractivity contribution in [3.63, 3.8) is 0 Å². The summed E-state index contributed by atoms with van der Waals surface area (Å²) < 4.78 is 0. The second-order valence-electron chi connectivity index (χ2n) is 8.46. The summed E-state index contributed by atoms with van der Waals surface area (Å²) in [6.07, 6.45) is 4.45. The Balaban J connectivity index is 1.39. The topological polar surface area (TPSA) is 60.9 Å². The van der Waals surface area contributed by atoms with Gasteiger partial charge in [0.2, 0.25) is 5.91 Å². The van der Waals surface area contributed by atoms with Crippen LogP contribution in [0.3, 0.4) is 0 Å². The van der Waals surface area contributed by atoms with Gasteiger partial charge in [0.15, 0.2) is 0 Å². The molecule has 1 amide bonds. The first-order chi connectivity index (χ1) is 12.9. The highest BCUT2D eigenvalue weighted by Gasteiger charge is 2.36. The highest BCUT2D eigenvalue weighted by molar-refractivity contribution is 5.78. The Bertz CT molecular complexity index is 650. The highest BCUT2D eigenvalue weighted by Crippen LogP contribution is 2.25. The van der Waals surface area contributed by atoms with Gasteiger partial charge in [-0.15, -0.1) is 0 Å². The number of carboxylic acids is 1. The van der Waals surface area contributed by atoms with Crippen LogP contribution in [0.5, 0.6) is 0 Å². The van der Waals surface area contributed by atoms with Crippen molar-refractivity contribution < 1.29 is 14.7 Å². The Morgan fingerprint density at radius 1 is 1.11 bits per heavy atom. The van der Waals surface area contributed by atoms with E-state index in [0.29, 0.717) is 25.6 Å². The van der Waals surface area contributed by atoms with Crippen LogP contribution in [-0.4, -0.2) is 59.5 Å². The number of nitrogens with zero attached hydrogens (tertiary/aromatic N) is 2. The minimum absolute atomic E-state index is 0.114. The smallest absolute Gasteiger partial charge is 0.308 e. The minimum Gasteiger partial charge on any atom is -0.481 e. The van der Waals surface area contributed by atoms with Gasteiger partial charge < -0.3 is 10.0 Å². The highest BCUT2D eigenvalue weighted by atomic mass is 16.4. The molecule has 3 rings (SSSR count). The molecule has 148 valence electrons. The lowest BCUT2D eigenvalue weighted by Gasteiger charge is -2.33. The average molecular weight is 373 g/mol. The third-order valence-electron chi connectivity index (χ3n) is 6.29. The monoisotopic (exact) mass is 372 g/mol. The number of rotatable bonds is 6. The van der Waals surface area contributed by atoms with E-state index in [0.717, 1.165) is 32.4 Å². The minimum atomic E-state index is -0.744. The molecule has 0 bridgehead atoms. The number of hydrogen-bond acceptors (Lipinski definition) is 3. The summed E-state index contributed by atoms with van der Waals surface area (Å²) in [5.74, 6) is -0.122. The van der Waals surface area contributed by atoms with Crippen molar-refractivity contribution in [1.29, 1.82) is 0 Å². The molecule has 2 atom stereocenters. The lowest BCUT2D eigenvalue weighted by atomic mass is 9.90. The van der Waals surface area contributed by atoms with E-state index in [1.807, 2.05) is 16.7 Å². The Morgan fingerprint density at radius 3 is 2.37 bits per heavy atom. The summed E-state index contributed by atoms with van der Waals surface area (Å²) in [4.78, 5) is 27.8. The fourth-order valence-electron chi connectivity index (χ4n) is 4.41. The third-order valence-corrected chi connectivity index (χ3v) is 6.29. The fraction of sp³-hybridized carbons (Fsp3) is 0.636. The number of amides is 1. The van der Waals surface area contributed by atoms with Crippen LogP contribution in [0.1, 0.15) is 37.3 Å². The molecular weight excluding hydrogens is 340 g/mol. The first kappa shape index (κ1) is 19.9. The predicted octanol–water partition coefficient (Wildman–Crippen LogP) is 2.82. The van der Waals surface area contributed by atoms with E-state index in [1.54, 1.807) is 0 Å². The molecule has 2 heterocycles. The Hall–Kier alpha value is -1.88. The molecular formula is C22H32N2O3. The normalized spacial score (nSPS) is 24.3. The maximum absolute atomic E-state index is 12.6. The van der Waals surface area contributed by atoms with Gasteiger partial charge in [-0.05, 0) is 50.0 Å². The molecule has 1 N–H and O–H groups in total. The van der Waals surface area contributed by atoms with E-state index in [9.17, 15) is 14.7 Å². The van der Waals surface area contributed by atoms with Crippen LogP contribution in [0.4, 0.5) is 0 Å². The molecule has 2 fully saturated rings. The van der Waals surface area contributed by atoms with E-state index in [2.05, 4.69) is 31.2 Å². The number of carbonyl (C=O) groups excluding carboxylic acids is 1. The SMILES string of the molecule is Cc1ccc(CCC2CCN(C(=O)CN3C[C@@H](C)[C@H](C(=O)O)C3)CC2)cc1. The molecule has 1 aromatic carbocycles. The van der Waals surface area contributed by atoms with E-state index < -0.39 is 5.97 Å². The first-order valence-electron chi connectivity index (χ1n) is 10.2. The Kier molecular flexibility index (Phi) is 6.53. The van der Waals surface area contributed by atoms with Crippen LogP contribution in [0.25, 0.3) is 0 Å². The molecule has 0 spiro atoms. The largest absolute Gasteiger partial charge is 0.481 e. The lowest BCUT2D eigenvalue weighted by Crippen LogP contribution is -2.44. The van der Waals surface area contributed by atoms with Gasteiger partial charge in [0, 0.05) is 26.2 Å². The van der Waals surface area contributed by atoms with Crippen molar-refractivity contribution in [2.24, 2.45) is 17.8 Å². The summed E-state index contributed by atoms with van der Waals surface area (Å²) >= 11 is 0. The lowest BCUT2D eigenvalue weighted by molar-refractivity contribution is -0.142. The maximum atomic E-state index is 12.6. The number of carbonyl (C=O) groups is 2. The number of carboxylic acid groups (broad SMARTS) is 1. The molecule has 27 heavy (non-hydrogen) atoms. The van der Waals surface area contributed by atoms with Crippen LogP contribution in [-0.2, 0) is 16.0 Å². The van der Waals surface area contributed by atoms with Gasteiger partial charge in [0.25, 0.3) is 0 Å². The van der Waals surface area contributed by atoms with Crippen molar-refractivity contribution in [2.45, 2.75) is 39.5 Å². The van der Waals surface area contributed by atoms with Gasteiger partial charge in [0.1, 0.15) is 0 Å². The Labute approximate surface area is 162 Å². The van der Waals surface area contributed by atoms with Crippen molar-refractivity contribution in [3.8, 4) is 0 Å². The van der Waals surface area contributed by atoms with E-state index >= 15 is 0 Å². The number of aryl methyl sites for hydroxylation is 2. The van der Waals surface area contributed by atoms with E-state index in [4.69, 9.17) is 0 Å². The van der Waals surface area contributed by atoms with Crippen LogP contribution in [0.15, 0.2) is 24.3 Å². The zero-order valence-electron chi connectivity index (χ0n) is 16.6. The summed E-state index contributed by atoms with van der Waals surface area (Å²) in [6.45, 7) is 7.31. The second-order valence-corrected chi connectivity index (χ2v) is 8.46. The molecule has 2 aliphatic rings. The van der Waals surface area contributed by atoms with Crippen LogP contribution in [0.2, 0.25) is 0 Å². The molecule has 0 radical (unpaired) electrons. The quantitative estimate of drug-likeness (QED) is 0.834. The van der Waals surface area contributed by atoms with Crippen molar-refractivity contribution in [3.05, 3.63) is 35.4 Å². The van der Waals surface area contributed by atoms with Gasteiger partial charge in [-0.3, -0.25) is 14.5 Å². The van der Waals surface area contributed by atoms with Crippen molar-refractivity contribution >= 4 is 11.9 Å². The second kappa shape index (κ2) is 8.87. The number of hydrogen-bond donors (Lipinski definition) is 1. The molecule has 2 aliphatic heterocycles. The average Bonchev–Trinajstić information content (AvgIpc) is 3.02. The molecule has 0 aliphatic carbocycles. The summed E-state index contributed by atoms with van der Waals surface area (Å²) in [5, 5.41) is 9.24. The maximum Gasteiger partial charge on any atom is 0.308 e. The third kappa shape index (κ3) is 5.32. The zero-order chi connectivity index (χ0) is 19.4. The standard InChI is InChI=1S/C22H32N2O3/c1-16-3-5-18(6-4-16)7-8-19-9-11-24(12-10-19)21(25)15-23-13-17(2)20(14-23)22(26)27/h3-6,17,19-20H,7-15H2,1-2H3,(H,26,27)/t17-,20-/m1/s1. The van der Waals surface area contributed by atoms with Crippen LogP contribution >= 0.6 is 0 Å². The molecule has 0 aromatic heterocycles. The summed E-state index contributed by atoms with van der Waals surface area (Å²) in [7, 11) is 0. The van der Waals surface area contributed by atoms with Gasteiger partial charge in [-0.25, -0.2) is 0 Å². The molecule has 0 saturated carbocycles. The van der Waals surface area contributed by atoms with E-state index in [1.165, 1.54) is 17.5 Å². The van der Waals surface area contributed by atoms with Gasteiger partial charge >= 0.3 is 5.97 Å². The van der Waals surface area contributed by atoms with Gasteiger partial charge in [0.05, 0.1) is 12.5 Å². The summed E-state index contributed by atoms with van der Waals surface area (Å²) in [6, 6.07) is 8.78. The number of aliphatic carboxylic acids is 1. The van der Waals surface area contributed by atoms with Crippen molar-refractivity contribution in [1.82, 2.24) is 9.80 Å². The molecule has 5 nitrogen and oxygen atoms in total. The number of benzene rings is 1. The van der Waals surface area contributed by atoms with Crippen LogP contribution in [0, 0.1) is 24.7 Å². The van der Waals surface area contributed by atoms with Gasteiger partial charge in [-0.2, -0.15) is 0 Å². The Morgan fingerprint density at radius 2 is 1.78 bits per heavy atom. The molecule has 5 heteroatoms. The number of piperidine rings is 1. The fourth-order valence-corrected chi connectivity index (χ4v) is 4.41. The van der Waals surface area contributed by atoms with Gasteiger partial charge in [-0.1, -0.05) is 36.8 Å². The zero-order valence-corrected chi connectivity index (χ0v) is 16.6. The summed E-state index contributed by atoms with van der Waals surface area (Å²) in [5.41, 5.74) is 2.70. The first-order valence-corrected chi connectivity index (χ1v) is 10.2. The molecule has 1 aromatic rings. The molecule has 0 unspecified atom stereocenters. The number of likely N-dealkylation sites (tertiary alicyclic amines) is 2. The molecule has 2 saturated heterocycles. The van der Waals surface area contributed by atoms with Crippen LogP contribution < -0.4 is 0 Å². The van der Waals surface area contributed by atoms with Crippen molar-refractivity contribution in [2.75, 3.05) is 32.7 Å². The predicted molar refractivity (Wildman–Crippen MR) is 106 cm³/mol.